The summed E-state index contributed by atoms with van der Waals surface area (Å²) in [5.74, 6) is -1.12. The fourth-order valence-electron chi connectivity index (χ4n) is 2.34. The Morgan fingerprint density at radius 1 is 1.19 bits per heavy atom. The van der Waals surface area contributed by atoms with Crippen LogP contribution in [0.4, 0.5) is 5.69 Å². The quantitative estimate of drug-likeness (QED) is 0.116. The highest BCUT2D eigenvalue weighted by atomic mass is 16.6. The summed E-state index contributed by atoms with van der Waals surface area (Å²) < 4.78 is 15.1. The van der Waals surface area contributed by atoms with Gasteiger partial charge in [-0.05, 0) is 29.8 Å². The molecule has 0 atom stereocenters. The van der Waals surface area contributed by atoms with Gasteiger partial charge in [0, 0.05) is 19.7 Å². The van der Waals surface area contributed by atoms with Gasteiger partial charge in [0.2, 0.25) is 0 Å². The van der Waals surface area contributed by atoms with E-state index in [9.17, 15) is 19.7 Å². The van der Waals surface area contributed by atoms with Gasteiger partial charge in [0.25, 0.3) is 5.91 Å². The predicted octanol–water partition coefficient (Wildman–Crippen LogP) is 2.25. The van der Waals surface area contributed by atoms with Gasteiger partial charge in [-0.2, -0.15) is 5.26 Å². The van der Waals surface area contributed by atoms with Crippen LogP contribution in [0.2, 0.25) is 0 Å². The van der Waals surface area contributed by atoms with Crippen molar-refractivity contribution in [3.63, 3.8) is 0 Å². The third-order valence-electron chi connectivity index (χ3n) is 3.79. The van der Waals surface area contributed by atoms with E-state index >= 15 is 0 Å². The normalized spacial score (nSPS) is 10.6. The number of para-hydroxylation sites is 2. The molecule has 0 aliphatic rings. The van der Waals surface area contributed by atoms with Crippen LogP contribution in [0.15, 0.2) is 54.1 Å². The molecule has 0 unspecified atom stereocenters. The molecule has 10 heteroatoms. The monoisotopic (exact) mass is 425 g/mol. The van der Waals surface area contributed by atoms with Crippen molar-refractivity contribution in [1.82, 2.24) is 5.32 Å². The van der Waals surface area contributed by atoms with E-state index in [1.807, 2.05) is 6.07 Å². The summed E-state index contributed by atoms with van der Waals surface area (Å²) >= 11 is 0. The first kappa shape index (κ1) is 23.1. The van der Waals surface area contributed by atoms with E-state index in [4.69, 9.17) is 19.5 Å². The molecule has 0 radical (unpaired) electrons. The fraction of sp³-hybridized carbons (Fsp3) is 0.190. The largest absolute Gasteiger partial charge is 0.475 e. The van der Waals surface area contributed by atoms with Crippen molar-refractivity contribution < 1.29 is 28.7 Å². The van der Waals surface area contributed by atoms with Gasteiger partial charge in [0.05, 0.1) is 11.5 Å². The number of nitrogens with one attached hydrogen (secondary N) is 1. The van der Waals surface area contributed by atoms with Gasteiger partial charge in [0.1, 0.15) is 17.4 Å². The number of hydrogen-bond acceptors (Lipinski definition) is 8. The van der Waals surface area contributed by atoms with Crippen LogP contribution < -0.4 is 14.8 Å². The average molecular weight is 425 g/mol. The lowest BCUT2D eigenvalue weighted by Gasteiger charge is -2.07. The second-order valence-corrected chi connectivity index (χ2v) is 5.98. The highest BCUT2D eigenvalue weighted by Gasteiger charge is 2.15. The number of amides is 1. The SMILES string of the molecule is COCCNC(=O)/C(C#N)=C/c1ccc(OC(=O)COc2ccccc2[N+](=O)[O-])cc1. The minimum atomic E-state index is -0.753. The molecule has 1 amide bonds. The Morgan fingerprint density at radius 3 is 2.55 bits per heavy atom. The Morgan fingerprint density at radius 2 is 1.90 bits per heavy atom. The number of methoxy groups -OCH3 is 1. The third-order valence-corrected chi connectivity index (χ3v) is 3.79. The van der Waals surface area contributed by atoms with Crippen LogP contribution in [0.5, 0.6) is 11.5 Å². The summed E-state index contributed by atoms with van der Waals surface area (Å²) in [5, 5.41) is 22.7. The fourth-order valence-corrected chi connectivity index (χ4v) is 2.34. The van der Waals surface area contributed by atoms with Gasteiger partial charge in [-0.15, -0.1) is 0 Å². The van der Waals surface area contributed by atoms with E-state index in [0.717, 1.165) is 0 Å². The second-order valence-electron chi connectivity index (χ2n) is 5.98. The molecule has 0 aromatic heterocycles. The minimum Gasteiger partial charge on any atom is -0.475 e. The number of rotatable bonds is 10. The number of nitro groups is 1. The van der Waals surface area contributed by atoms with Gasteiger partial charge >= 0.3 is 11.7 Å². The van der Waals surface area contributed by atoms with E-state index in [1.54, 1.807) is 18.2 Å². The zero-order valence-electron chi connectivity index (χ0n) is 16.6. The van der Waals surface area contributed by atoms with E-state index < -0.39 is 23.4 Å². The summed E-state index contributed by atoms with van der Waals surface area (Å²) in [6.07, 6.45) is 1.39. The molecule has 0 spiro atoms. The number of carbonyl (C=O) groups is 2. The van der Waals surface area contributed by atoms with Crippen LogP contribution in [0.1, 0.15) is 5.56 Å². The van der Waals surface area contributed by atoms with E-state index in [0.29, 0.717) is 12.2 Å². The smallest absolute Gasteiger partial charge is 0.349 e. The molecule has 2 rings (SSSR count). The number of nitriles is 1. The molecule has 1 N–H and O–H groups in total. The number of esters is 1. The van der Waals surface area contributed by atoms with Crippen LogP contribution in [0.3, 0.4) is 0 Å². The highest BCUT2D eigenvalue weighted by Crippen LogP contribution is 2.25. The predicted molar refractivity (Wildman–Crippen MR) is 109 cm³/mol. The van der Waals surface area contributed by atoms with Crippen LogP contribution in [-0.2, 0) is 14.3 Å². The molecule has 2 aromatic rings. The van der Waals surface area contributed by atoms with Crippen molar-refractivity contribution in [2.75, 3.05) is 26.9 Å². The number of nitrogens with zero attached hydrogens (tertiary/aromatic N) is 2. The summed E-state index contributed by atoms with van der Waals surface area (Å²) in [6.45, 7) is 0.0794. The molecule has 0 saturated carbocycles. The first-order valence-electron chi connectivity index (χ1n) is 9.00. The molecule has 0 saturated heterocycles. The minimum absolute atomic E-state index is 0.0438. The summed E-state index contributed by atoms with van der Waals surface area (Å²) in [7, 11) is 1.50. The molecule has 0 fully saturated rings. The van der Waals surface area contributed by atoms with Crippen molar-refractivity contribution in [2.45, 2.75) is 0 Å². The molecular formula is C21H19N3O7. The van der Waals surface area contributed by atoms with E-state index in [-0.39, 0.29) is 29.3 Å². The van der Waals surface area contributed by atoms with E-state index in [1.165, 1.54) is 43.5 Å². The van der Waals surface area contributed by atoms with Crippen molar-refractivity contribution >= 4 is 23.6 Å². The number of nitro benzene ring substituents is 1. The Bertz CT molecular complexity index is 1010. The first-order chi connectivity index (χ1) is 14.9. The highest BCUT2D eigenvalue weighted by molar-refractivity contribution is 6.01. The van der Waals surface area contributed by atoms with Crippen molar-refractivity contribution in [2.24, 2.45) is 0 Å². The molecule has 0 aliphatic heterocycles. The Balaban J connectivity index is 1.94. The van der Waals surface area contributed by atoms with Crippen molar-refractivity contribution in [3.8, 4) is 17.6 Å². The maximum absolute atomic E-state index is 12.0. The zero-order valence-corrected chi connectivity index (χ0v) is 16.6. The molecule has 160 valence electrons. The first-order valence-corrected chi connectivity index (χ1v) is 9.00. The van der Waals surface area contributed by atoms with Crippen molar-refractivity contribution in [3.05, 3.63) is 69.8 Å². The van der Waals surface area contributed by atoms with Gasteiger partial charge in [-0.1, -0.05) is 24.3 Å². The van der Waals surface area contributed by atoms with Crippen LogP contribution in [0.25, 0.3) is 6.08 Å². The van der Waals surface area contributed by atoms with Crippen LogP contribution >= 0.6 is 0 Å². The molecule has 31 heavy (non-hydrogen) atoms. The van der Waals surface area contributed by atoms with Gasteiger partial charge in [0.15, 0.2) is 12.4 Å². The maximum atomic E-state index is 12.0. The maximum Gasteiger partial charge on any atom is 0.349 e. The van der Waals surface area contributed by atoms with E-state index in [2.05, 4.69) is 5.32 Å². The lowest BCUT2D eigenvalue weighted by Crippen LogP contribution is -2.27. The van der Waals surface area contributed by atoms with Crippen LogP contribution in [-0.4, -0.2) is 43.7 Å². The summed E-state index contributed by atoms with van der Waals surface area (Å²) in [4.78, 5) is 34.2. The summed E-state index contributed by atoms with van der Waals surface area (Å²) in [5.41, 5.74) is 0.207. The molecule has 2 aromatic carbocycles. The second kappa shape index (κ2) is 11.7. The number of carbonyl (C=O) groups excluding carboxylic acids is 2. The number of hydrogen-bond donors (Lipinski definition) is 1. The third kappa shape index (κ3) is 7.26. The summed E-state index contributed by atoms with van der Waals surface area (Å²) in [6, 6.07) is 13.6. The molecular weight excluding hydrogens is 406 g/mol. The lowest BCUT2D eigenvalue weighted by atomic mass is 10.1. The lowest BCUT2D eigenvalue weighted by molar-refractivity contribution is -0.385. The Kier molecular flexibility index (Phi) is 8.70. The van der Waals surface area contributed by atoms with Crippen LogP contribution in [0, 0.1) is 21.4 Å². The standard InChI is InChI=1S/C21H19N3O7/c1-29-11-10-23-21(26)16(13-22)12-15-6-8-17(9-7-15)31-20(25)14-30-19-5-3-2-4-18(19)24(27)28/h2-9,12H,10-11,14H2,1H3,(H,23,26)/b16-12+. The van der Waals surface area contributed by atoms with Gasteiger partial charge in [-0.3, -0.25) is 14.9 Å². The number of benzene rings is 2. The van der Waals surface area contributed by atoms with Gasteiger partial charge < -0.3 is 19.5 Å². The van der Waals surface area contributed by atoms with Gasteiger partial charge in [-0.25, -0.2) is 4.79 Å². The average Bonchev–Trinajstić information content (AvgIpc) is 2.77. The Labute approximate surface area is 177 Å². The number of ether oxygens (including phenoxy) is 3. The Hall–Kier alpha value is -4.23. The topological polar surface area (TPSA) is 141 Å². The zero-order chi connectivity index (χ0) is 22.6. The molecule has 0 bridgehead atoms. The van der Waals surface area contributed by atoms with Crippen molar-refractivity contribution in [1.29, 1.82) is 5.26 Å². The molecule has 0 aliphatic carbocycles. The molecule has 0 heterocycles. The molecule has 10 nitrogen and oxygen atoms in total.